The highest BCUT2D eigenvalue weighted by atomic mass is 16.4. The molecule has 0 aromatic heterocycles. The van der Waals surface area contributed by atoms with Crippen molar-refractivity contribution in [1.29, 1.82) is 0 Å². The maximum atomic E-state index is 11.3. The molecule has 0 aromatic carbocycles. The molecule has 84 valence electrons. The summed E-state index contributed by atoms with van der Waals surface area (Å²) in [5.74, 6) is -1.63. The molecule has 1 amide bonds. The first-order valence-corrected chi connectivity index (χ1v) is 5.29. The summed E-state index contributed by atoms with van der Waals surface area (Å²) in [6.45, 7) is 1.36. The van der Waals surface area contributed by atoms with Crippen molar-refractivity contribution in [3.8, 4) is 0 Å². The van der Waals surface area contributed by atoms with E-state index in [4.69, 9.17) is 0 Å². The highest BCUT2D eigenvalue weighted by Crippen LogP contribution is 2.17. The highest BCUT2D eigenvalue weighted by molar-refractivity contribution is 5.96. The molecule has 0 atom stereocenters. The van der Waals surface area contributed by atoms with Crippen molar-refractivity contribution in [2.45, 2.75) is 45.1 Å². The Hall–Kier alpha value is -1.32. The Morgan fingerprint density at radius 3 is 2.40 bits per heavy atom. The zero-order valence-corrected chi connectivity index (χ0v) is 8.91. The maximum absolute atomic E-state index is 11.3. The minimum Gasteiger partial charge on any atom is -0.545 e. The van der Waals surface area contributed by atoms with Crippen molar-refractivity contribution in [2.75, 3.05) is 0 Å². The lowest BCUT2D eigenvalue weighted by Gasteiger charge is -2.22. The van der Waals surface area contributed by atoms with E-state index in [1.54, 1.807) is 0 Å². The van der Waals surface area contributed by atoms with Gasteiger partial charge in [0.25, 0.3) is 0 Å². The van der Waals surface area contributed by atoms with E-state index in [-0.39, 0.29) is 17.5 Å². The molecular weight excluding hydrogens is 194 g/mol. The fraction of sp³-hybridized carbons (Fsp3) is 0.636. The minimum atomic E-state index is -1.30. The summed E-state index contributed by atoms with van der Waals surface area (Å²) in [5, 5.41) is 13.2. The van der Waals surface area contributed by atoms with Crippen LogP contribution in [0.25, 0.3) is 0 Å². The SMILES string of the molecule is C/C(=C\C(=O)NC1CCCCC1)C(=O)[O-]. The smallest absolute Gasteiger partial charge is 0.244 e. The Bertz CT molecular complexity index is 278. The van der Waals surface area contributed by atoms with Gasteiger partial charge in [-0.1, -0.05) is 19.3 Å². The van der Waals surface area contributed by atoms with E-state index in [0.29, 0.717) is 0 Å². The van der Waals surface area contributed by atoms with Gasteiger partial charge in [0.1, 0.15) is 0 Å². The van der Waals surface area contributed by atoms with Crippen LogP contribution in [-0.4, -0.2) is 17.9 Å². The molecule has 1 aliphatic rings. The Morgan fingerprint density at radius 1 is 1.27 bits per heavy atom. The van der Waals surface area contributed by atoms with Crippen LogP contribution in [0.4, 0.5) is 0 Å². The number of amides is 1. The monoisotopic (exact) mass is 210 g/mol. The van der Waals surface area contributed by atoms with Gasteiger partial charge in [-0.15, -0.1) is 0 Å². The maximum Gasteiger partial charge on any atom is 0.244 e. The van der Waals surface area contributed by atoms with Gasteiger partial charge in [0.2, 0.25) is 5.91 Å². The van der Waals surface area contributed by atoms with Crippen LogP contribution in [0.3, 0.4) is 0 Å². The Morgan fingerprint density at radius 2 is 1.87 bits per heavy atom. The number of hydrogen-bond donors (Lipinski definition) is 1. The van der Waals surface area contributed by atoms with Gasteiger partial charge in [-0.3, -0.25) is 4.79 Å². The van der Waals surface area contributed by atoms with E-state index in [0.717, 1.165) is 31.8 Å². The van der Waals surface area contributed by atoms with Crippen molar-refractivity contribution in [3.05, 3.63) is 11.6 Å². The van der Waals surface area contributed by atoms with Crippen molar-refractivity contribution in [1.82, 2.24) is 5.32 Å². The standard InChI is InChI=1S/C11H17NO3/c1-8(11(14)15)7-10(13)12-9-5-3-2-4-6-9/h7,9H,2-6H2,1H3,(H,12,13)(H,14,15)/p-1/b8-7+. The van der Waals surface area contributed by atoms with Crippen molar-refractivity contribution in [3.63, 3.8) is 0 Å². The summed E-state index contributed by atoms with van der Waals surface area (Å²) >= 11 is 0. The van der Waals surface area contributed by atoms with Crippen LogP contribution in [-0.2, 0) is 9.59 Å². The van der Waals surface area contributed by atoms with E-state index in [1.807, 2.05) is 0 Å². The molecule has 1 N–H and O–H groups in total. The Kier molecular flexibility index (Phi) is 4.34. The highest BCUT2D eigenvalue weighted by Gasteiger charge is 2.14. The summed E-state index contributed by atoms with van der Waals surface area (Å²) in [6, 6.07) is 0.206. The average Bonchev–Trinajstić information content (AvgIpc) is 2.18. The fourth-order valence-electron chi connectivity index (χ4n) is 1.75. The van der Waals surface area contributed by atoms with Crippen LogP contribution in [0.15, 0.2) is 11.6 Å². The van der Waals surface area contributed by atoms with Gasteiger partial charge in [0.15, 0.2) is 0 Å². The molecule has 0 radical (unpaired) electrons. The lowest BCUT2D eigenvalue weighted by atomic mass is 9.95. The first kappa shape index (κ1) is 11.8. The predicted octanol–water partition coefficient (Wildman–Crippen LogP) is 0.131. The molecule has 1 aliphatic carbocycles. The molecule has 1 fully saturated rings. The zero-order valence-electron chi connectivity index (χ0n) is 8.91. The van der Waals surface area contributed by atoms with Crippen molar-refractivity contribution < 1.29 is 14.7 Å². The third-order valence-corrected chi connectivity index (χ3v) is 2.62. The first-order chi connectivity index (χ1) is 7.09. The van der Waals surface area contributed by atoms with E-state index in [1.165, 1.54) is 13.3 Å². The number of nitrogens with one attached hydrogen (secondary N) is 1. The van der Waals surface area contributed by atoms with Gasteiger partial charge < -0.3 is 15.2 Å². The van der Waals surface area contributed by atoms with Gasteiger partial charge in [-0.05, 0) is 25.3 Å². The Balaban J connectivity index is 2.41. The minimum absolute atomic E-state index is 0.0386. The van der Waals surface area contributed by atoms with Gasteiger partial charge >= 0.3 is 0 Å². The summed E-state index contributed by atoms with van der Waals surface area (Å²) in [7, 11) is 0. The molecule has 15 heavy (non-hydrogen) atoms. The quantitative estimate of drug-likeness (QED) is 0.673. The van der Waals surface area contributed by atoms with Gasteiger partial charge in [0.05, 0.1) is 5.97 Å². The normalized spacial score (nSPS) is 18.6. The molecule has 0 bridgehead atoms. The Labute approximate surface area is 89.4 Å². The molecule has 0 unspecified atom stereocenters. The summed E-state index contributed by atoms with van der Waals surface area (Å²) < 4.78 is 0. The second-order valence-electron chi connectivity index (χ2n) is 3.96. The van der Waals surface area contributed by atoms with Crippen LogP contribution in [0.1, 0.15) is 39.0 Å². The van der Waals surface area contributed by atoms with Crippen LogP contribution >= 0.6 is 0 Å². The summed E-state index contributed by atoms with van der Waals surface area (Å²) in [6.07, 6.45) is 6.56. The van der Waals surface area contributed by atoms with E-state index in [2.05, 4.69) is 5.32 Å². The molecule has 0 spiro atoms. The number of rotatable bonds is 3. The number of carboxylic acid groups (broad SMARTS) is 1. The van der Waals surface area contributed by atoms with E-state index in [9.17, 15) is 14.7 Å². The molecule has 0 heterocycles. The molecule has 1 saturated carbocycles. The van der Waals surface area contributed by atoms with Crippen LogP contribution in [0.5, 0.6) is 0 Å². The van der Waals surface area contributed by atoms with Crippen LogP contribution in [0.2, 0.25) is 0 Å². The first-order valence-electron chi connectivity index (χ1n) is 5.29. The van der Waals surface area contributed by atoms with Gasteiger partial charge in [0, 0.05) is 12.1 Å². The molecule has 4 nitrogen and oxygen atoms in total. The fourth-order valence-corrected chi connectivity index (χ4v) is 1.75. The molecule has 0 aliphatic heterocycles. The van der Waals surface area contributed by atoms with Crippen LogP contribution in [0, 0.1) is 0 Å². The largest absolute Gasteiger partial charge is 0.545 e. The molecule has 4 heteroatoms. The molecule has 0 saturated heterocycles. The number of carbonyl (C=O) groups excluding carboxylic acids is 2. The molecule has 1 rings (SSSR count). The van der Waals surface area contributed by atoms with E-state index >= 15 is 0 Å². The van der Waals surface area contributed by atoms with E-state index < -0.39 is 5.97 Å². The number of carboxylic acids is 1. The zero-order chi connectivity index (χ0) is 11.3. The number of aliphatic carboxylic acids is 1. The van der Waals surface area contributed by atoms with Gasteiger partial charge in [-0.2, -0.15) is 0 Å². The lowest BCUT2D eigenvalue weighted by Crippen LogP contribution is -2.35. The second kappa shape index (κ2) is 5.53. The second-order valence-corrected chi connectivity index (χ2v) is 3.96. The van der Waals surface area contributed by atoms with Gasteiger partial charge in [-0.25, -0.2) is 0 Å². The number of carbonyl (C=O) groups is 2. The number of hydrogen-bond acceptors (Lipinski definition) is 3. The summed E-state index contributed by atoms with van der Waals surface area (Å²) in [5.41, 5.74) is -0.0386. The van der Waals surface area contributed by atoms with Crippen LogP contribution < -0.4 is 10.4 Å². The molecule has 0 aromatic rings. The lowest BCUT2D eigenvalue weighted by molar-refractivity contribution is -0.299. The topological polar surface area (TPSA) is 69.2 Å². The summed E-state index contributed by atoms with van der Waals surface area (Å²) in [4.78, 5) is 21.7. The molecular formula is C11H16NO3-. The van der Waals surface area contributed by atoms with Crippen molar-refractivity contribution in [2.24, 2.45) is 0 Å². The van der Waals surface area contributed by atoms with Crippen molar-refractivity contribution >= 4 is 11.9 Å². The third-order valence-electron chi connectivity index (χ3n) is 2.62. The third kappa shape index (κ3) is 4.14. The predicted molar refractivity (Wildman–Crippen MR) is 53.8 cm³/mol. The average molecular weight is 210 g/mol.